The van der Waals surface area contributed by atoms with Crippen LogP contribution >= 0.6 is 0 Å². The molecule has 0 atom stereocenters. The van der Waals surface area contributed by atoms with Crippen LogP contribution < -0.4 is 10.5 Å². The molecule has 21 heavy (non-hydrogen) atoms. The van der Waals surface area contributed by atoms with Crippen molar-refractivity contribution >= 4 is 5.88 Å². The van der Waals surface area contributed by atoms with E-state index in [1.807, 2.05) is 37.3 Å². The Hall–Kier alpha value is -2.82. The summed E-state index contributed by atoms with van der Waals surface area (Å²) in [5, 5.41) is 4.08. The molecular weight excluding hydrogens is 266 g/mol. The van der Waals surface area contributed by atoms with Crippen LogP contribution in [-0.2, 0) is 0 Å². The number of benzene rings is 1. The van der Waals surface area contributed by atoms with Crippen molar-refractivity contribution < 1.29 is 9.26 Å². The summed E-state index contributed by atoms with van der Waals surface area (Å²) in [6.45, 7) is 1.97. The van der Waals surface area contributed by atoms with Gasteiger partial charge >= 0.3 is 0 Å². The van der Waals surface area contributed by atoms with Gasteiger partial charge in [-0.15, -0.1) is 0 Å². The maximum Gasteiger partial charge on any atom is 0.230 e. The van der Waals surface area contributed by atoms with E-state index in [4.69, 9.17) is 15.0 Å². The monoisotopic (exact) mass is 281 g/mol. The Balaban J connectivity index is 2.22. The van der Waals surface area contributed by atoms with E-state index >= 15 is 0 Å². The van der Waals surface area contributed by atoms with Crippen molar-refractivity contribution in [1.29, 1.82) is 0 Å². The summed E-state index contributed by atoms with van der Waals surface area (Å²) >= 11 is 0. The molecule has 3 rings (SSSR count). The second kappa shape index (κ2) is 5.28. The third-order valence-electron chi connectivity index (χ3n) is 3.24. The molecule has 0 amide bonds. The summed E-state index contributed by atoms with van der Waals surface area (Å²) < 4.78 is 10.6. The van der Waals surface area contributed by atoms with Crippen LogP contribution in [0.5, 0.6) is 5.75 Å². The van der Waals surface area contributed by atoms with Gasteiger partial charge in [0.15, 0.2) is 0 Å². The summed E-state index contributed by atoms with van der Waals surface area (Å²) in [6.07, 6.45) is 3.53. The molecule has 2 aromatic heterocycles. The van der Waals surface area contributed by atoms with Crippen LogP contribution in [0.15, 0.2) is 47.2 Å². The number of aromatic nitrogens is 2. The van der Waals surface area contributed by atoms with Crippen LogP contribution in [0.3, 0.4) is 0 Å². The van der Waals surface area contributed by atoms with Crippen molar-refractivity contribution in [2.75, 3.05) is 12.8 Å². The standard InChI is InChI=1S/C16H15N3O2/c1-10-7-11(9-18-8-10)15-14(16(17)21-19-15)12-5-3-4-6-13(12)20-2/h3-9H,17H2,1-2H3. The predicted octanol–water partition coefficient (Wildman–Crippen LogP) is 3.30. The molecular formula is C16H15N3O2. The SMILES string of the molecule is COc1ccccc1-c1c(-c2cncc(C)c2)noc1N. The molecule has 106 valence electrons. The van der Waals surface area contributed by atoms with E-state index in [0.29, 0.717) is 11.4 Å². The Morgan fingerprint density at radius 2 is 2.00 bits per heavy atom. The van der Waals surface area contributed by atoms with Gasteiger partial charge in [0.2, 0.25) is 5.88 Å². The van der Waals surface area contributed by atoms with Gasteiger partial charge in [0.05, 0.1) is 12.7 Å². The van der Waals surface area contributed by atoms with Gasteiger partial charge < -0.3 is 15.0 Å². The highest BCUT2D eigenvalue weighted by Gasteiger charge is 2.20. The minimum Gasteiger partial charge on any atom is -0.496 e. The van der Waals surface area contributed by atoms with Crippen molar-refractivity contribution in [3.63, 3.8) is 0 Å². The van der Waals surface area contributed by atoms with E-state index < -0.39 is 0 Å². The van der Waals surface area contributed by atoms with Crippen LogP contribution in [0.1, 0.15) is 5.56 Å². The Morgan fingerprint density at radius 3 is 2.76 bits per heavy atom. The van der Waals surface area contributed by atoms with Gasteiger partial charge in [0.1, 0.15) is 11.4 Å². The molecule has 0 fully saturated rings. The van der Waals surface area contributed by atoms with Crippen molar-refractivity contribution in [3.8, 4) is 28.1 Å². The topological polar surface area (TPSA) is 74.2 Å². The summed E-state index contributed by atoms with van der Waals surface area (Å²) in [7, 11) is 1.62. The number of aryl methyl sites for hydroxylation is 1. The number of methoxy groups -OCH3 is 1. The molecule has 2 heterocycles. The second-order valence-corrected chi connectivity index (χ2v) is 4.72. The van der Waals surface area contributed by atoms with Gasteiger partial charge in [-0.05, 0) is 24.6 Å². The molecule has 0 aliphatic carbocycles. The lowest BCUT2D eigenvalue weighted by Crippen LogP contribution is -1.92. The van der Waals surface area contributed by atoms with E-state index in [0.717, 1.165) is 22.3 Å². The molecule has 3 aromatic rings. The van der Waals surface area contributed by atoms with Gasteiger partial charge in [-0.25, -0.2) is 0 Å². The van der Waals surface area contributed by atoms with Gasteiger partial charge in [-0.2, -0.15) is 0 Å². The lowest BCUT2D eigenvalue weighted by molar-refractivity contribution is 0.416. The van der Waals surface area contributed by atoms with Crippen LogP contribution in [0.2, 0.25) is 0 Å². The lowest BCUT2D eigenvalue weighted by Gasteiger charge is -2.08. The molecule has 0 aliphatic heterocycles. The zero-order valence-electron chi connectivity index (χ0n) is 11.8. The molecule has 0 unspecified atom stereocenters. The lowest BCUT2D eigenvalue weighted by atomic mass is 10.0. The molecule has 0 saturated heterocycles. The molecule has 0 saturated carbocycles. The molecule has 5 heteroatoms. The first kappa shape index (κ1) is 13.2. The van der Waals surface area contributed by atoms with Crippen LogP contribution in [-0.4, -0.2) is 17.3 Å². The Kier molecular flexibility index (Phi) is 3.31. The number of nitrogen functional groups attached to an aromatic ring is 1. The van der Waals surface area contributed by atoms with E-state index in [1.165, 1.54) is 0 Å². The number of pyridine rings is 1. The van der Waals surface area contributed by atoms with Crippen LogP contribution in [0.25, 0.3) is 22.4 Å². The zero-order valence-corrected chi connectivity index (χ0v) is 11.8. The minimum atomic E-state index is 0.260. The first-order valence-corrected chi connectivity index (χ1v) is 6.51. The molecule has 0 aliphatic rings. The van der Waals surface area contributed by atoms with Gasteiger partial charge in [0, 0.05) is 23.5 Å². The number of anilines is 1. The highest BCUT2D eigenvalue weighted by atomic mass is 16.5. The molecule has 0 bridgehead atoms. The van der Waals surface area contributed by atoms with Gasteiger partial charge in [-0.1, -0.05) is 23.4 Å². The minimum absolute atomic E-state index is 0.260. The highest BCUT2D eigenvalue weighted by Crippen LogP contribution is 2.40. The van der Waals surface area contributed by atoms with Crippen molar-refractivity contribution in [3.05, 3.63) is 48.3 Å². The molecule has 2 N–H and O–H groups in total. The average Bonchev–Trinajstić information content (AvgIpc) is 2.89. The molecule has 0 radical (unpaired) electrons. The first-order valence-electron chi connectivity index (χ1n) is 6.51. The highest BCUT2D eigenvalue weighted by molar-refractivity contribution is 5.89. The summed E-state index contributed by atoms with van der Waals surface area (Å²) in [5.74, 6) is 0.977. The normalized spacial score (nSPS) is 10.6. The second-order valence-electron chi connectivity index (χ2n) is 4.72. The number of hydrogen-bond donors (Lipinski definition) is 1. The van der Waals surface area contributed by atoms with Gasteiger partial charge in [-0.3, -0.25) is 4.98 Å². The Morgan fingerprint density at radius 1 is 1.19 bits per heavy atom. The largest absolute Gasteiger partial charge is 0.496 e. The fourth-order valence-electron chi connectivity index (χ4n) is 2.30. The first-order chi connectivity index (χ1) is 10.2. The maximum absolute atomic E-state index is 5.97. The maximum atomic E-state index is 5.97. The summed E-state index contributed by atoms with van der Waals surface area (Å²) in [5.41, 5.74) is 10.1. The van der Waals surface area contributed by atoms with E-state index in [1.54, 1.807) is 19.5 Å². The van der Waals surface area contributed by atoms with Crippen LogP contribution in [0, 0.1) is 6.92 Å². The van der Waals surface area contributed by atoms with E-state index in [2.05, 4.69) is 10.1 Å². The third-order valence-corrected chi connectivity index (χ3v) is 3.24. The number of nitrogens with zero attached hydrogens (tertiary/aromatic N) is 2. The average molecular weight is 281 g/mol. The summed E-state index contributed by atoms with van der Waals surface area (Å²) in [6, 6.07) is 9.61. The summed E-state index contributed by atoms with van der Waals surface area (Å²) in [4.78, 5) is 4.19. The zero-order chi connectivity index (χ0) is 14.8. The number of nitrogens with two attached hydrogens (primary N) is 1. The van der Waals surface area contributed by atoms with E-state index in [9.17, 15) is 0 Å². The Bertz CT molecular complexity index is 781. The fraction of sp³-hybridized carbons (Fsp3) is 0.125. The smallest absolute Gasteiger partial charge is 0.230 e. The van der Waals surface area contributed by atoms with E-state index in [-0.39, 0.29) is 5.88 Å². The number of hydrogen-bond acceptors (Lipinski definition) is 5. The third kappa shape index (κ3) is 2.33. The quantitative estimate of drug-likeness (QED) is 0.797. The fourth-order valence-corrected chi connectivity index (χ4v) is 2.30. The van der Waals surface area contributed by atoms with Crippen molar-refractivity contribution in [2.24, 2.45) is 0 Å². The Labute approximate surface area is 122 Å². The van der Waals surface area contributed by atoms with Crippen molar-refractivity contribution in [1.82, 2.24) is 10.1 Å². The number of ether oxygens (including phenoxy) is 1. The molecule has 1 aromatic carbocycles. The predicted molar refractivity (Wildman–Crippen MR) is 80.9 cm³/mol. The number of para-hydroxylation sites is 1. The molecule has 5 nitrogen and oxygen atoms in total. The van der Waals surface area contributed by atoms with Crippen molar-refractivity contribution in [2.45, 2.75) is 6.92 Å². The number of rotatable bonds is 3. The van der Waals surface area contributed by atoms with Gasteiger partial charge in [0.25, 0.3) is 0 Å². The molecule has 0 spiro atoms. The van der Waals surface area contributed by atoms with Crippen LogP contribution in [0.4, 0.5) is 5.88 Å².